The highest BCUT2D eigenvalue weighted by atomic mass is 35.5. The number of hydrogen-bond donors (Lipinski definition) is 1. The Labute approximate surface area is 400 Å². The van der Waals surface area contributed by atoms with Crippen molar-refractivity contribution >= 4 is 110 Å². The smallest absolute Gasteiger partial charge is 0.348 e. The van der Waals surface area contributed by atoms with Crippen molar-refractivity contribution in [3.05, 3.63) is 145 Å². The van der Waals surface area contributed by atoms with E-state index in [9.17, 15) is 54.3 Å². The summed E-state index contributed by atoms with van der Waals surface area (Å²) in [6, 6.07) is 11.8. The molecule has 1 N–H and O–H groups in total. The minimum atomic E-state index is -1.04. The largest absolute Gasteiger partial charge is 0.477 e. The summed E-state index contributed by atoms with van der Waals surface area (Å²) in [5, 5.41) is 8.95. The van der Waals surface area contributed by atoms with E-state index in [1.54, 1.807) is 13.0 Å². The first kappa shape index (κ1) is 49.3. The van der Waals surface area contributed by atoms with Crippen molar-refractivity contribution in [2.24, 2.45) is 0 Å². The summed E-state index contributed by atoms with van der Waals surface area (Å²) >= 11 is 12.7. The second-order valence-corrected chi connectivity index (χ2v) is 20.3. The molecule has 21 heteroatoms. The Morgan fingerprint density at radius 1 is 0.621 bits per heavy atom. The number of ketones is 1. The lowest BCUT2D eigenvalue weighted by Crippen LogP contribution is -2.12. The molecule has 4 aromatic carbocycles. The van der Waals surface area contributed by atoms with E-state index < -0.39 is 58.5 Å². The van der Waals surface area contributed by atoms with E-state index in [0.717, 1.165) is 94.1 Å². The summed E-state index contributed by atoms with van der Waals surface area (Å²) in [5.41, 5.74) is 2.26. The lowest BCUT2D eigenvalue weighted by Gasteiger charge is -2.17. The Morgan fingerprint density at radius 2 is 1.03 bits per heavy atom. The van der Waals surface area contributed by atoms with Gasteiger partial charge in [-0.2, -0.15) is 0 Å². The molecule has 0 fully saturated rings. The Kier molecular flexibility index (Phi) is 15.8. The van der Waals surface area contributed by atoms with Gasteiger partial charge in [-0.25, -0.2) is 44.7 Å². The van der Waals surface area contributed by atoms with Gasteiger partial charge in [-0.3, -0.25) is 9.59 Å². The fourth-order valence-corrected chi connectivity index (χ4v) is 13.8. The van der Waals surface area contributed by atoms with Crippen LogP contribution in [0.2, 0.25) is 0 Å². The molecule has 4 aliphatic heterocycles. The maximum absolute atomic E-state index is 14.0. The predicted octanol–water partition coefficient (Wildman–Crippen LogP) is 14.3. The fraction of sp³-hybridized carbons (Fsp3) is 0.156. The van der Waals surface area contributed by atoms with Crippen molar-refractivity contribution in [2.75, 3.05) is 18.1 Å². The summed E-state index contributed by atoms with van der Waals surface area (Å²) in [6.07, 6.45) is 0.862. The highest BCUT2D eigenvalue weighted by molar-refractivity contribution is 8.00. The van der Waals surface area contributed by atoms with Gasteiger partial charge < -0.3 is 9.84 Å². The molecule has 0 saturated heterocycles. The van der Waals surface area contributed by atoms with Crippen molar-refractivity contribution in [1.29, 1.82) is 0 Å². The zero-order chi connectivity index (χ0) is 47.6. The number of esters is 1. The van der Waals surface area contributed by atoms with E-state index in [0.29, 0.717) is 48.6 Å². The van der Waals surface area contributed by atoms with Crippen LogP contribution in [-0.2, 0) is 21.0 Å². The number of aldehydes is 1. The first-order valence-electron chi connectivity index (χ1n) is 19.0. The van der Waals surface area contributed by atoms with Gasteiger partial charge in [0, 0.05) is 61.4 Å². The summed E-state index contributed by atoms with van der Waals surface area (Å²) in [5.74, 6) is -4.09. The summed E-state index contributed by atoms with van der Waals surface area (Å²) in [4.78, 5) is 47.1. The van der Waals surface area contributed by atoms with E-state index in [-0.39, 0.29) is 71.4 Å². The number of thioether (sulfide) groups is 4. The molecule has 0 amide bonds. The van der Waals surface area contributed by atoms with E-state index >= 15 is 0 Å². The minimum absolute atomic E-state index is 0.00461. The number of carboxylic acids is 1. The highest BCUT2D eigenvalue weighted by Crippen LogP contribution is 2.49. The minimum Gasteiger partial charge on any atom is -0.477 e. The van der Waals surface area contributed by atoms with E-state index in [1.165, 1.54) is 41.4 Å². The number of rotatable bonds is 4. The lowest BCUT2D eigenvalue weighted by molar-refractivity contribution is -0.104. The van der Waals surface area contributed by atoms with Crippen LogP contribution in [0, 0.1) is 46.5 Å². The van der Waals surface area contributed by atoms with Crippen molar-refractivity contribution in [1.82, 2.24) is 0 Å². The first-order valence-corrected chi connectivity index (χ1v) is 25.0. The highest BCUT2D eigenvalue weighted by Gasteiger charge is 2.30. The summed E-state index contributed by atoms with van der Waals surface area (Å²) in [7, 11) is 0. The Hall–Kier alpha value is -4.57. The molecular formula is C45H27ClF8O6S6. The van der Waals surface area contributed by atoms with Gasteiger partial charge in [0.2, 0.25) is 0 Å². The normalized spacial score (nSPS) is 13.9. The number of thiophene rings is 2. The first-order chi connectivity index (χ1) is 31.5. The van der Waals surface area contributed by atoms with Crippen LogP contribution in [0.4, 0.5) is 35.1 Å². The van der Waals surface area contributed by atoms with Gasteiger partial charge in [-0.1, -0.05) is 11.6 Å². The van der Waals surface area contributed by atoms with Gasteiger partial charge in [-0.05, 0) is 78.7 Å². The van der Waals surface area contributed by atoms with Gasteiger partial charge in [-0.15, -0.1) is 69.7 Å². The van der Waals surface area contributed by atoms with Crippen molar-refractivity contribution < 1.29 is 64.1 Å². The van der Waals surface area contributed by atoms with Crippen molar-refractivity contribution in [2.45, 2.75) is 44.4 Å². The number of benzene rings is 4. The Balaban J connectivity index is 0.000000133. The van der Waals surface area contributed by atoms with Crippen molar-refractivity contribution in [3.63, 3.8) is 0 Å². The Morgan fingerprint density at radius 3 is 1.50 bits per heavy atom. The second-order valence-electron chi connectivity index (χ2n) is 13.7. The van der Waals surface area contributed by atoms with Gasteiger partial charge in [0.05, 0.1) is 36.8 Å². The maximum atomic E-state index is 14.0. The van der Waals surface area contributed by atoms with Gasteiger partial charge in [0.15, 0.2) is 5.78 Å². The van der Waals surface area contributed by atoms with Gasteiger partial charge in [0.25, 0.3) is 0 Å². The monoisotopic (exact) mass is 1040 g/mol. The number of hydrogen-bond acceptors (Lipinski definition) is 11. The van der Waals surface area contributed by atoms with Crippen LogP contribution in [0.3, 0.4) is 0 Å². The van der Waals surface area contributed by atoms with Crippen LogP contribution in [0.1, 0.15) is 59.7 Å². The number of carbonyl (C=O) groups is 4. The zero-order valence-electron chi connectivity index (χ0n) is 33.4. The molecule has 0 radical (unpaired) electrons. The number of carboxylic acid groups (broad SMARTS) is 1. The number of aromatic carboxylic acids is 1. The molecule has 0 unspecified atom stereocenters. The third-order valence-electron chi connectivity index (χ3n) is 9.61. The van der Waals surface area contributed by atoms with Crippen LogP contribution in [0.5, 0.6) is 0 Å². The van der Waals surface area contributed by atoms with E-state index in [4.69, 9.17) is 21.4 Å². The van der Waals surface area contributed by atoms with Crippen molar-refractivity contribution in [3.8, 4) is 20.9 Å². The third kappa shape index (κ3) is 10.1. The molecule has 6 aromatic rings. The molecule has 6 nitrogen and oxygen atoms in total. The van der Waals surface area contributed by atoms with Crippen LogP contribution >= 0.6 is 81.3 Å². The number of ether oxygens (including phenoxy) is 1. The molecule has 342 valence electrons. The molecule has 66 heavy (non-hydrogen) atoms. The molecule has 0 aliphatic carbocycles. The number of fused-ring (bicyclic) bond motifs is 8. The zero-order valence-corrected chi connectivity index (χ0v) is 39.1. The molecule has 2 aromatic heterocycles. The summed E-state index contributed by atoms with van der Waals surface area (Å²) < 4.78 is 113. The fourth-order valence-electron chi connectivity index (χ4n) is 6.62. The molecule has 10 rings (SSSR count). The second kappa shape index (κ2) is 21.2. The average Bonchev–Trinajstić information content (AvgIpc) is 3.95. The van der Waals surface area contributed by atoms with Crippen LogP contribution in [0.25, 0.3) is 25.9 Å². The predicted molar refractivity (Wildman–Crippen MR) is 243 cm³/mol. The molecule has 4 aliphatic rings. The van der Waals surface area contributed by atoms with E-state index in [1.807, 2.05) is 0 Å². The molecule has 0 spiro atoms. The quantitative estimate of drug-likeness (QED) is 0.104. The summed E-state index contributed by atoms with van der Waals surface area (Å²) in [6.45, 7) is 2.02. The van der Waals surface area contributed by atoms with Gasteiger partial charge in [0.1, 0.15) is 62.6 Å². The SMILES string of the molecule is CCOC(=O)c1cc2c(s1)-c1c(F)ccc(F)c1SC2.O=C(O)c1cc2c(s1)-c1c(F)ccc(F)c1SC2.O=C1CCSc2c(F)ccc(F)c21.O=CC1=C(Cl)c2c(F)ccc(F)c2SC1. The molecular weight excluding hydrogens is 1020 g/mol. The molecule has 0 atom stereocenters. The lowest BCUT2D eigenvalue weighted by atomic mass is 10.1. The molecule has 0 saturated carbocycles. The van der Waals surface area contributed by atoms with Crippen LogP contribution < -0.4 is 0 Å². The van der Waals surface area contributed by atoms with Crippen LogP contribution in [-0.4, -0.2) is 47.2 Å². The number of halogens is 9. The number of carbonyl (C=O) groups excluding carboxylic acids is 3. The van der Waals surface area contributed by atoms with Gasteiger partial charge >= 0.3 is 11.9 Å². The van der Waals surface area contributed by atoms with E-state index in [2.05, 4.69) is 0 Å². The molecule has 6 heterocycles. The number of Topliss-reactive ketones (excluding diaryl/α,β-unsaturated/α-hetero) is 1. The standard InChI is InChI=1S/C14H10F2O2S2.C12H6F2O2S2.C10H5ClF2OS.C9H6F2OS/c1-2-18-14(17)10-5-7-6-19-13-9(16)4-3-8(15)11(13)12(7)20-10;13-6-1-2-7(14)11-9(6)10-5(4-17-11)3-8(18-10)12(15)16;11-9-5(3-14)4-15-10-7(13)2-1-6(12)8(9)10;10-5-1-2-6(11)9-8(5)7(12)3-4-13-9/h3-5H,2,6H2,1H3;1-3H,4H2,(H,15,16);1-3H,4H2;1-2H,3-4H2. The average molecular weight is 1040 g/mol. The maximum Gasteiger partial charge on any atom is 0.348 e. The topological polar surface area (TPSA) is 97.7 Å². The third-order valence-corrected chi connectivity index (χ3v) is 16.9. The Bertz CT molecular complexity index is 2990. The van der Waals surface area contributed by atoms with Crippen LogP contribution in [0.15, 0.2) is 85.8 Å². The molecule has 0 bridgehead atoms.